The van der Waals surface area contributed by atoms with E-state index in [4.69, 9.17) is 9.47 Å². The van der Waals surface area contributed by atoms with Gasteiger partial charge in [-0.15, -0.1) is 5.10 Å². The van der Waals surface area contributed by atoms with Crippen LogP contribution in [-0.2, 0) is 11.3 Å². The lowest BCUT2D eigenvalue weighted by Crippen LogP contribution is -2.32. The maximum Gasteiger partial charge on any atom is 0.277 e. The average molecular weight is 498 g/mol. The summed E-state index contributed by atoms with van der Waals surface area (Å²) in [4.78, 5) is 28.9. The van der Waals surface area contributed by atoms with Gasteiger partial charge in [0.25, 0.3) is 5.56 Å². The zero-order valence-corrected chi connectivity index (χ0v) is 20.6. The molecule has 0 aliphatic heterocycles. The van der Waals surface area contributed by atoms with E-state index in [0.717, 1.165) is 22.0 Å². The molecule has 0 aliphatic carbocycles. The predicted molar refractivity (Wildman–Crippen MR) is 141 cm³/mol. The number of fused-ring (bicyclic) bond motifs is 2. The maximum atomic E-state index is 12.9. The normalized spacial score (nSPS) is 11.9. The SMILES string of the molecule is COc1cccc([C@@H](CNC(=O)CCn2nnc3ccccc3c2=O)c2c[nH]c3ccccc23)c1OC. The summed E-state index contributed by atoms with van der Waals surface area (Å²) >= 11 is 0. The van der Waals surface area contributed by atoms with Gasteiger partial charge in [-0.3, -0.25) is 9.59 Å². The Morgan fingerprint density at radius 3 is 2.57 bits per heavy atom. The highest BCUT2D eigenvalue weighted by Gasteiger charge is 2.24. The van der Waals surface area contributed by atoms with Crippen LogP contribution in [0.5, 0.6) is 11.5 Å². The Morgan fingerprint density at radius 2 is 1.76 bits per heavy atom. The van der Waals surface area contributed by atoms with Crippen molar-refractivity contribution in [3.05, 3.63) is 94.4 Å². The number of nitrogens with one attached hydrogen (secondary N) is 2. The van der Waals surface area contributed by atoms with Crippen LogP contribution in [0.1, 0.15) is 23.5 Å². The van der Waals surface area contributed by atoms with Gasteiger partial charge in [0.05, 0.1) is 26.2 Å². The molecule has 188 valence electrons. The van der Waals surface area contributed by atoms with Gasteiger partial charge in [0.2, 0.25) is 5.91 Å². The lowest BCUT2D eigenvalue weighted by atomic mass is 9.89. The Morgan fingerprint density at radius 1 is 0.973 bits per heavy atom. The molecule has 9 nitrogen and oxygen atoms in total. The Kier molecular flexibility index (Phi) is 6.85. The number of hydrogen-bond acceptors (Lipinski definition) is 6. The highest BCUT2D eigenvalue weighted by atomic mass is 16.5. The fourth-order valence-electron chi connectivity index (χ4n) is 4.64. The molecule has 9 heteroatoms. The van der Waals surface area contributed by atoms with Crippen molar-refractivity contribution < 1.29 is 14.3 Å². The van der Waals surface area contributed by atoms with E-state index in [1.165, 1.54) is 4.68 Å². The second-order valence-electron chi connectivity index (χ2n) is 8.61. The van der Waals surface area contributed by atoms with Gasteiger partial charge in [-0.25, -0.2) is 4.68 Å². The molecule has 0 fully saturated rings. The number of aromatic amines is 1. The second-order valence-corrected chi connectivity index (χ2v) is 8.61. The van der Waals surface area contributed by atoms with Gasteiger partial charge >= 0.3 is 0 Å². The minimum atomic E-state index is -0.267. The van der Waals surface area contributed by atoms with E-state index in [1.54, 1.807) is 38.5 Å². The highest BCUT2D eigenvalue weighted by Crippen LogP contribution is 2.40. The summed E-state index contributed by atoms with van der Waals surface area (Å²) in [6, 6.07) is 20.8. The summed E-state index contributed by atoms with van der Waals surface area (Å²) in [6.07, 6.45) is 2.05. The van der Waals surface area contributed by atoms with E-state index in [2.05, 4.69) is 20.6 Å². The molecule has 0 aliphatic rings. The third-order valence-corrected chi connectivity index (χ3v) is 6.49. The zero-order chi connectivity index (χ0) is 25.8. The first kappa shape index (κ1) is 24.1. The number of rotatable bonds is 9. The molecule has 0 bridgehead atoms. The van der Waals surface area contributed by atoms with Gasteiger partial charge in [0, 0.05) is 41.5 Å². The van der Waals surface area contributed by atoms with Crippen molar-refractivity contribution >= 4 is 27.7 Å². The van der Waals surface area contributed by atoms with E-state index < -0.39 is 0 Å². The topological polar surface area (TPSA) is 111 Å². The quantitative estimate of drug-likeness (QED) is 0.322. The number of nitrogens with zero attached hydrogens (tertiary/aromatic N) is 3. The fraction of sp³-hybridized carbons (Fsp3) is 0.214. The third kappa shape index (κ3) is 4.75. The minimum Gasteiger partial charge on any atom is -0.493 e. The van der Waals surface area contributed by atoms with Gasteiger partial charge in [-0.2, -0.15) is 0 Å². The number of H-pyrrole nitrogens is 1. The van der Waals surface area contributed by atoms with Crippen LogP contribution < -0.4 is 20.3 Å². The van der Waals surface area contributed by atoms with Crippen LogP contribution in [-0.4, -0.2) is 46.6 Å². The van der Waals surface area contributed by atoms with Crippen LogP contribution in [0.25, 0.3) is 21.8 Å². The predicted octanol–water partition coefficient (Wildman–Crippen LogP) is 3.63. The van der Waals surface area contributed by atoms with Gasteiger partial charge in [-0.05, 0) is 29.8 Å². The van der Waals surface area contributed by atoms with Crippen molar-refractivity contribution in [2.24, 2.45) is 0 Å². The first-order valence-electron chi connectivity index (χ1n) is 12.0. The number of carbonyl (C=O) groups is 1. The van der Waals surface area contributed by atoms with Gasteiger partial charge in [0.1, 0.15) is 5.52 Å². The third-order valence-electron chi connectivity index (χ3n) is 6.49. The van der Waals surface area contributed by atoms with Crippen molar-refractivity contribution in [3.63, 3.8) is 0 Å². The minimum absolute atomic E-state index is 0.0861. The fourth-order valence-corrected chi connectivity index (χ4v) is 4.64. The number of amides is 1. The number of carbonyl (C=O) groups excluding carboxylic acids is 1. The van der Waals surface area contributed by atoms with Crippen LogP contribution in [0.4, 0.5) is 0 Å². The van der Waals surface area contributed by atoms with E-state index in [1.807, 2.05) is 48.7 Å². The number of aryl methyl sites for hydroxylation is 1. The van der Waals surface area contributed by atoms with E-state index in [0.29, 0.717) is 28.9 Å². The van der Waals surface area contributed by atoms with Crippen molar-refractivity contribution in [3.8, 4) is 11.5 Å². The molecular weight excluding hydrogens is 470 g/mol. The van der Waals surface area contributed by atoms with Crippen LogP contribution in [0.3, 0.4) is 0 Å². The van der Waals surface area contributed by atoms with E-state index in [-0.39, 0.29) is 30.3 Å². The van der Waals surface area contributed by atoms with Crippen LogP contribution in [0.2, 0.25) is 0 Å². The lowest BCUT2D eigenvalue weighted by Gasteiger charge is -2.22. The standard InChI is InChI=1S/C28H27N5O4/c1-36-25-13-7-10-19(27(25)37-2)22(21-16-29-23-11-5-3-8-18(21)23)17-30-26(34)14-15-33-28(35)20-9-4-6-12-24(20)31-32-33/h3-13,16,22,29H,14-15,17H2,1-2H3,(H,30,34)/t22-/m1/s1. The summed E-state index contributed by atoms with van der Waals surface area (Å²) in [5.74, 6) is 0.819. The number of aromatic nitrogens is 4. The van der Waals surface area contributed by atoms with Gasteiger partial charge in [0.15, 0.2) is 11.5 Å². The van der Waals surface area contributed by atoms with Gasteiger partial charge < -0.3 is 19.8 Å². The molecule has 2 N–H and O–H groups in total. The molecule has 0 spiro atoms. The maximum absolute atomic E-state index is 12.9. The summed E-state index contributed by atoms with van der Waals surface area (Å²) in [6.45, 7) is 0.450. The van der Waals surface area contributed by atoms with Crippen molar-refractivity contribution in [2.75, 3.05) is 20.8 Å². The van der Waals surface area contributed by atoms with Crippen LogP contribution >= 0.6 is 0 Å². The molecule has 2 heterocycles. The van der Waals surface area contributed by atoms with Crippen LogP contribution in [0.15, 0.2) is 77.7 Å². The molecular formula is C28H27N5O4. The van der Waals surface area contributed by atoms with Gasteiger partial charge in [-0.1, -0.05) is 47.7 Å². The molecule has 1 amide bonds. The number of methoxy groups -OCH3 is 2. The summed E-state index contributed by atoms with van der Waals surface area (Å²) < 4.78 is 12.5. The van der Waals surface area contributed by atoms with Crippen LogP contribution in [0, 0.1) is 0 Å². The number of hydrogen-bond donors (Lipinski definition) is 2. The molecule has 3 aromatic carbocycles. The molecule has 0 radical (unpaired) electrons. The molecule has 0 saturated heterocycles. The monoisotopic (exact) mass is 497 g/mol. The second kappa shape index (κ2) is 10.5. The smallest absolute Gasteiger partial charge is 0.277 e. The Labute approximate surface area is 213 Å². The Balaban J connectivity index is 1.39. The molecule has 2 aromatic heterocycles. The average Bonchev–Trinajstić information content (AvgIpc) is 3.36. The first-order valence-corrected chi connectivity index (χ1v) is 12.0. The molecule has 1 atom stereocenters. The highest BCUT2D eigenvalue weighted by molar-refractivity contribution is 5.85. The van der Waals surface area contributed by atoms with E-state index in [9.17, 15) is 9.59 Å². The summed E-state index contributed by atoms with van der Waals surface area (Å²) in [5, 5.41) is 12.6. The molecule has 0 unspecified atom stereocenters. The number of ether oxygens (including phenoxy) is 2. The molecule has 5 aromatic rings. The Bertz CT molecular complexity index is 1620. The Hall–Kier alpha value is -4.66. The van der Waals surface area contributed by atoms with Crippen molar-refractivity contribution in [2.45, 2.75) is 18.9 Å². The largest absolute Gasteiger partial charge is 0.493 e. The molecule has 37 heavy (non-hydrogen) atoms. The van der Waals surface area contributed by atoms with E-state index >= 15 is 0 Å². The lowest BCUT2D eigenvalue weighted by molar-refractivity contribution is -0.121. The van der Waals surface area contributed by atoms with Crippen molar-refractivity contribution in [1.82, 2.24) is 25.3 Å². The summed E-state index contributed by atoms with van der Waals surface area (Å²) in [5.41, 5.74) is 3.19. The van der Waals surface area contributed by atoms with Crippen molar-refractivity contribution in [1.29, 1.82) is 0 Å². The molecule has 5 rings (SSSR count). The zero-order valence-electron chi connectivity index (χ0n) is 20.6. The molecule has 0 saturated carbocycles. The number of para-hydroxylation sites is 2. The first-order chi connectivity index (χ1) is 18.1. The number of benzene rings is 3. The summed E-state index contributed by atoms with van der Waals surface area (Å²) in [7, 11) is 3.20.